The van der Waals surface area contributed by atoms with Crippen molar-refractivity contribution < 1.29 is 129 Å². The van der Waals surface area contributed by atoms with E-state index >= 15 is 0 Å². The van der Waals surface area contributed by atoms with E-state index in [1.165, 1.54) is 0 Å². The molecule has 0 saturated heterocycles. The highest BCUT2D eigenvalue weighted by molar-refractivity contribution is 7.86. The third-order valence-electron chi connectivity index (χ3n) is 20.8. The number of nitrogens with zero attached hydrogens (tertiary/aromatic N) is 2. The molecule has 0 fully saturated rings. The lowest BCUT2D eigenvalue weighted by molar-refractivity contribution is -0.438. The van der Waals surface area contributed by atoms with Crippen molar-refractivity contribution in [3.8, 4) is 5.75 Å². The zero-order valence-corrected chi connectivity index (χ0v) is 72.6. The molecule has 0 aromatic heterocycles. The van der Waals surface area contributed by atoms with Gasteiger partial charge in [-0.25, -0.2) is 18.0 Å². The predicted octanol–water partition coefficient (Wildman–Crippen LogP) is 9.32. The average molecular weight is 1800 g/mol. The molecule has 8 rings (SSSR count). The van der Waals surface area contributed by atoms with E-state index in [-0.39, 0.29) is 146 Å². The molecule has 2 aliphatic heterocycles. The second-order valence-electron chi connectivity index (χ2n) is 30.8. The van der Waals surface area contributed by atoms with E-state index in [0.717, 1.165) is 62.6 Å². The molecule has 0 saturated carbocycles. The standard InChI is InChI=1S/C86H106N6O19S2.CO2.2O3S/c1-85(2)69-32-12-14-34-73(69)91(50-17-19-52-112(105,106)107)76(85)46-40-62-28-21-29-63(41-47-77-86(3,4)70-33-13-15-35-74(70)92(77)51-18-20-53-113(108,109)110)80(62)111-68-43-38-61(39-44-68)55-65(82(100)101)57-67(94)31-22-48-87-81(99)64(54-59-24-7-5-8-25-59)58-75(95)72(56-60-26-9-6-10-27-60)89-78(96)36-16-11-30-66(93)42-45-71(83(102)103)90-84(104)88-49-23-37-79(97)98;2-1-3;2*1-4(2)3/h5-10,12-15,24-27,32-35,38-41,43-44,46-47,64-65,71-72H,11,16-23,28-31,36-37,42,45,48-58H2,1-4H3,(H8-,87,88,89,90,96,97,98,99,100,101,102,103,104,105,106,107,108,109,110);;;/t64-,65-,71+,72+;;;/m1.../s1. The lowest BCUT2D eigenvalue weighted by Crippen LogP contribution is -2.46. The summed E-state index contributed by atoms with van der Waals surface area (Å²) in [4.78, 5) is 135. The molecular weight excluding hydrogens is 1690 g/mol. The Balaban J connectivity index is 0.00000234. The number of para-hydroxylation sites is 2. The summed E-state index contributed by atoms with van der Waals surface area (Å²) in [7, 11) is -14.8. The number of amides is 4. The second kappa shape index (κ2) is 51.5. The molecule has 2 heterocycles. The molecule has 3 aliphatic rings. The molecule has 0 spiro atoms. The van der Waals surface area contributed by atoms with Crippen molar-refractivity contribution in [2.45, 2.75) is 192 Å². The molecular formula is C87H106N6O27S4. The average Bonchev–Trinajstić information content (AvgIpc) is 1.60. The summed E-state index contributed by atoms with van der Waals surface area (Å²) in [6.07, 6.45) is 12.1. The monoisotopic (exact) mass is 1790 g/mol. The van der Waals surface area contributed by atoms with Crippen LogP contribution in [0.1, 0.15) is 178 Å². The quantitative estimate of drug-likeness (QED) is 0.0102. The van der Waals surface area contributed by atoms with Gasteiger partial charge in [-0.3, -0.25) is 38.1 Å². The van der Waals surface area contributed by atoms with Crippen molar-refractivity contribution in [1.82, 2.24) is 21.3 Å². The minimum absolute atomic E-state index is 0.0104. The molecule has 37 heteroatoms. The number of ketones is 3. The molecule has 4 amide bonds. The van der Waals surface area contributed by atoms with Crippen LogP contribution in [0.5, 0.6) is 5.75 Å². The number of carboxylic acid groups (broad SMARTS) is 3. The van der Waals surface area contributed by atoms with Gasteiger partial charge in [-0.15, -0.1) is 25.3 Å². The number of benzene rings is 5. The van der Waals surface area contributed by atoms with Crippen LogP contribution < -0.4 is 30.9 Å². The van der Waals surface area contributed by atoms with Gasteiger partial charge in [-0.05, 0) is 167 Å². The van der Waals surface area contributed by atoms with Crippen LogP contribution in [0, 0.1) is 11.8 Å². The Kier molecular flexibility index (Phi) is 42.7. The summed E-state index contributed by atoms with van der Waals surface area (Å²) in [6.45, 7) is 9.59. The predicted molar refractivity (Wildman–Crippen MR) is 453 cm³/mol. The van der Waals surface area contributed by atoms with E-state index in [1.54, 1.807) is 36.4 Å². The molecule has 5 aromatic rings. The number of ether oxygens (including phenoxy) is 1. The van der Waals surface area contributed by atoms with E-state index < -0.39 is 123 Å². The van der Waals surface area contributed by atoms with E-state index in [9.17, 15) is 79.3 Å². The number of rotatable bonds is 47. The van der Waals surface area contributed by atoms with E-state index in [1.807, 2.05) is 84.9 Å². The third kappa shape index (κ3) is 36.4. The molecule has 0 unspecified atom stereocenters. The normalized spacial score (nSPS) is 15.3. The number of hydrogen-bond donors (Lipinski definition) is 8. The first-order chi connectivity index (χ1) is 58.6. The van der Waals surface area contributed by atoms with Crippen molar-refractivity contribution >= 4 is 118 Å². The van der Waals surface area contributed by atoms with Crippen LogP contribution in [-0.4, -0.2) is 186 Å². The van der Waals surface area contributed by atoms with Gasteiger partial charge in [0.05, 0.1) is 33.2 Å². The summed E-state index contributed by atoms with van der Waals surface area (Å²) in [5.74, 6) is -7.20. The van der Waals surface area contributed by atoms with Crippen LogP contribution in [-0.2, 0) is 119 Å². The van der Waals surface area contributed by atoms with Gasteiger partial charge in [0.25, 0.3) is 10.1 Å². The Labute approximate surface area is 723 Å². The molecule has 33 nitrogen and oxygen atoms in total. The van der Waals surface area contributed by atoms with Crippen molar-refractivity contribution in [2.24, 2.45) is 11.8 Å². The number of urea groups is 1. The van der Waals surface area contributed by atoms with Gasteiger partial charge in [0.1, 0.15) is 35.7 Å². The molecule has 124 heavy (non-hydrogen) atoms. The topological polar surface area (TPSA) is 526 Å². The summed E-state index contributed by atoms with van der Waals surface area (Å²) in [5.41, 5.74) is 9.17. The van der Waals surface area contributed by atoms with Crippen LogP contribution >= 0.6 is 0 Å². The zero-order valence-electron chi connectivity index (χ0n) is 69.3. The maximum Gasteiger partial charge on any atom is 0.425 e. The zero-order chi connectivity index (χ0) is 91.7. The number of aliphatic carboxylic acids is 3. The molecule has 8 N–H and O–H groups in total. The third-order valence-corrected chi connectivity index (χ3v) is 22.4. The second-order valence-corrected chi connectivity index (χ2v) is 34.7. The van der Waals surface area contributed by atoms with Crippen molar-refractivity contribution in [3.63, 3.8) is 0 Å². The Hall–Kier alpha value is -11.6. The van der Waals surface area contributed by atoms with Gasteiger partial charge >= 0.3 is 51.3 Å². The summed E-state index contributed by atoms with van der Waals surface area (Å²) >= 11 is 0. The molecule has 0 bridgehead atoms. The highest BCUT2D eigenvalue weighted by Gasteiger charge is 2.45. The Bertz CT molecular complexity index is 5200. The fourth-order valence-corrected chi connectivity index (χ4v) is 15.9. The minimum atomic E-state index is -4.40. The highest BCUT2D eigenvalue weighted by Crippen LogP contribution is 2.48. The van der Waals surface area contributed by atoms with Crippen LogP contribution in [0.25, 0.3) is 0 Å². The number of carbonyl (C=O) groups is 9. The first-order valence-electron chi connectivity index (χ1n) is 40.2. The number of carbonyl (C=O) groups excluding carboxylic acids is 8. The summed E-state index contributed by atoms with van der Waals surface area (Å²) in [6, 6.07) is 38.2. The first kappa shape index (κ1) is 103. The number of allylic oxidation sites excluding steroid dienone is 7. The van der Waals surface area contributed by atoms with Crippen LogP contribution in [0.3, 0.4) is 0 Å². The smallest absolute Gasteiger partial charge is 0.425 e. The number of fused-ring (bicyclic) bond motifs is 2. The number of hydrogen-bond acceptors (Lipinski definition) is 24. The van der Waals surface area contributed by atoms with Crippen LogP contribution in [0.2, 0.25) is 0 Å². The van der Waals surface area contributed by atoms with Crippen LogP contribution in [0.15, 0.2) is 180 Å². The fourth-order valence-electron chi connectivity index (χ4n) is 14.8. The molecule has 4 atom stereocenters. The minimum Gasteiger partial charge on any atom is -0.748 e. The summed E-state index contributed by atoms with van der Waals surface area (Å²) < 4.78 is 128. The van der Waals surface area contributed by atoms with Crippen molar-refractivity contribution in [3.05, 3.63) is 208 Å². The van der Waals surface area contributed by atoms with Gasteiger partial charge in [0.15, 0.2) is 11.5 Å². The van der Waals surface area contributed by atoms with Crippen LogP contribution in [0.4, 0.5) is 16.2 Å². The number of nitrogens with one attached hydrogen (secondary N) is 4. The molecule has 670 valence electrons. The SMILES string of the molecule is CC1(C)C(=CC=C2CCCC(C=CC3=[N+](CCCCS(=O)(=O)O)c4ccccc4C3(C)C)=C2Oc2ccc(C[C@H](CC(=O)CCCNC(=O)[C@@H](CC(=O)[C@H](Cc3ccccc3)NC(=O)CCCCC(=O)CC[C@H](NC(=O)NCCCC(=O)O)C(=O)O)Cc3ccccc3)C(=O)O)cc2)N(CCCCS(=O)(=O)[O-])c2ccccc21.O=C=O.O=S(=O)=O.O=S(=O)=O. The largest absolute Gasteiger partial charge is 0.748 e. The number of carboxylic acids is 3. The van der Waals surface area contributed by atoms with Crippen molar-refractivity contribution in [2.75, 3.05) is 42.6 Å². The van der Waals surface area contributed by atoms with E-state index in [4.69, 9.17) is 44.7 Å². The number of anilines is 1. The maximum atomic E-state index is 14.4. The molecule has 1 aliphatic carbocycles. The van der Waals surface area contributed by atoms with Crippen molar-refractivity contribution in [1.29, 1.82) is 0 Å². The Morgan fingerprint density at radius 2 is 1.13 bits per heavy atom. The molecule has 5 aromatic carbocycles. The lowest BCUT2D eigenvalue weighted by Gasteiger charge is -2.28. The maximum absolute atomic E-state index is 14.4. The number of unbranched alkanes of at least 4 members (excludes halogenated alkanes) is 3. The number of Topliss-reactive ketones (excluding diaryl/α,β-unsaturated/α-hetero) is 3. The Morgan fingerprint density at radius 3 is 1.74 bits per heavy atom. The van der Waals surface area contributed by atoms with Gasteiger partial charge in [-0.1, -0.05) is 129 Å². The van der Waals surface area contributed by atoms with Gasteiger partial charge < -0.3 is 50.8 Å². The molecule has 0 radical (unpaired) electrons. The van der Waals surface area contributed by atoms with E-state index in [2.05, 4.69) is 94.9 Å². The Morgan fingerprint density at radius 1 is 0.573 bits per heavy atom. The highest BCUT2D eigenvalue weighted by atomic mass is 32.2. The van der Waals surface area contributed by atoms with Gasteiger partial charge in [-0.2, -0.15) is 22.6 Å². The summed E-state index contributed by atoms with van der Waals surface area (Å²) in [5, 5.41) is 39.4. The lowest BCUT2D eigenvalue weighted by atomic mass is 9.81. The van der Waals surface area contributed by atoms with Gasteiger partial charge in [0.2, 0.25) is 17.5 Å². The van der Waals surface area contributed by atoms with E-state index in [0.29, 0.717) is 55.8 Å². The fraction of sp³-hybridized carbons (Fsp3) is 0.437. The van der Waals surface area contributed by atoms with Gasteiger partial charge in [0, 0.05) is 117 Å². The first-order valence-corrected chi connectivity index (χ1v) is 45.4.